The Morgan fingerprint density at radius 3 is 3.36 bits per heavy atom. The highest BCUT2D eigenvalue weighted by Gasteiger charge is 2.18. The fourth-order valence-electron chi connectivity index (χ4n) is 1.01. The van der Waals surface area contributed by atoms with Crippen molar-refractivity contribution in [2.24, 2.45) is 0 Å². The fourth-order valence-corrected chi connectivity index (χ4v) is 1.01. The van der Waals surface area contributed by atoms with Gasteiger partial charge in [0.25, 0.3) is 0 Å². The molecule has 2 heterocycles. The van der Waals surface area contributed by atoms with E-state index < -0.39 is 44.2 Å². The summed E-state index contributed by atoms with van der Waals surface area (Å²) in [7, 11) is 0. The summed E-state index contributed by atoms with van der Waals surface area (Å²) in [5.41, 5.74) is 5.02. The third-order valence-corrected chi connectivity index (χ3v) is 1.66. The number of piperidine rings is 1. The number of nitrogen functional groups attached to an aromatic ring is 1. The Labute approximate surface area is 102 Å². The van der Waals surface area contributed by atoms with E-state index in [1.807, 2.05) is 0 Å². The number of nitrogens with two attached hydrogens (primary N) is 1. The number of pyridine rings is 1. The van der Waals surface area contributed by atoms with Crippen molar-refractivity contribution in [2.75, 3.05) is 17.1 Å². The molecule has 3 nitrogen and oxygen atoms in total. The zero-order chi connectivity index (χ0) is 20.6. The minimum absolute atomic E-state index is 0.0165. The average molecular weight is 203 g/mol. The first kappa shape index (κ1) is 2.65. The van der Waals surface area contributed by atoms with Gasteiger partial charge in [0, 0.05) is 27.6 Å². The molecule has 0 amide bonds. The van der Waals surface area contributed by atoms with Crippen LogP contribution in [0.1, 0.15) is 42.4 Å². The van der Waals surface area contributed by atoms with Crippen LogP contribution in [-0.4, -0.2) is 17.5 Å². The van der Waals surface area contributed by atoms with E-state index in [1.54, 1.807) is 0 Å². The van der Waals surface area contributed by atoms with E-state index in [1.165, 1.54) is 0 Å². The molecule has 0 aromatic carbocycles. The van der Waals surface area contributed by atoms with E-state index in [9.17, 15) is 0 Å². The number of aromatic nitrogens is 1. The first-order valence-corrected chi connectivity index (χ1v) is 3.89. The molecule has 1 aromatic heterocycles. The van der Waals surface area contributed by atoms with Gasteiger partial charge in [-0.05, 0) is 38.1 Å². The SMILES string of the molecule is [2H]C([2H])([2H])C1([2H])N(c2ccc(N)nc2)C([2H])([2H])C([2H])([2H])C([2H])([2H])C1([2H])[2H]. The third kappa shape index (κ3) is 1.81. The Bertz CT molecular complexity index is 697. The highest BCUT2D eigenvalue weighted by Crippen LogP contribution is 2.23. The van der Waals surface area contributed by atoms with Gasteiger partial charge < -0.3 is 10.6 Å². The molecular formula is C11H17N3. The summed E-state index contributed by atoms with van der Waals surface area (Å²) in [6.07, 6.45) is -9.91. The quantitative estimate of drug-likeness (QED) is 0.759. The molecule has 1 unspecified atom stereocenters. The molecule has 0 spiro atoms. The van der Waals surface area contributed by atoms with Crippen LogP contribution < -0.4 is 10.6 Å². The van der Waals surface area contributed by atoms with Gasteiger partial charge in [0.1, 0.15) is 5.82 Å². The van der Waals surface area contributed by atoms with Crippen molar-refractivity contribution in [1.29, 1.82) is 0 Å². The van der Waals surface area contributed by atoms with Crippen LogP contribution in [0.2, 0.25) is 0 Å². The summed E-state index contributed by atoms with van der Waals surface area (Å²) >= 11 is 0. The van der Waals surface area contributed by atoms with Crippen LogP contribution in [0.5, 0.6) is 0 Å². The lowest BCUT2D eigenvalue weighted by atomic mass is 10.0. The van der Waals surface area contributed by atoms with Crippen LogP contribution in [0, 0.1) is 0 Å². The zero-order valence-corrected chi connectivity index (χ0v) is 7.20. The van der Waals surface area contributed by atoms with Crippen molar-refractivity contribution in [3.05, 3.63) is 18.3 Å². The van der Waals surface area contributed by atoms with Crippen molar-refractivity contribution in [2.45, 2.75) is 32.0 Å². The summed E-state index contributed by atoms with van der Waals surface area (Å²) in [6.45, 7) is -6.95. The van der Waals surface area contributed by atoms with E-state index in [4.69, 9.17) is 22.2 Å². The van der Waals surface area contributed by atoms with Gasteiger partial charge in [0.2, 0.25) is 0 Å². The van der Waals surface area contributed by atoms with Crippen LogP contribution in [0.3, 0.4) is 0 Å². The van der Waals surface area contributed by atoms with E-state index in [0.717, 1.165) is 18.3 Å². The predicted octanol–water partition coefficient (Wildman–Crippen LogP) is 2.04. The number of rotatable bonds is 1. The Hall–Kier alpha value is -1.25. The van der Waals surface area contributed by atoms with E-state index in [-0.39, 0.29) is 10.7 Å². The van der Waals surface area contributed by atoms with Gasteiger partial charge in [-0.3, -0.25) is 0 Å². The molecule has 1 aromatic rings. The average Bonchev–Trinajstić information content (AvgIpc) is 2.46. The van der Waals surface area contributed by atoms with Crippen LogP contribution in [0.15, 0.2) is 18.3 Å². The largest absolute Gasteiger partial charge is 0.384 e. The van der Waals surface area contributed by atoms with Gasteiger partial charge in [-0.25, -0.2) is 4.98 Å². The number of nitrogens with zero attached hydrogens (tertiary/aromatic N) is 2. The van der Waals surface area contributed by atoms with Crippen molar-refractivity contribution in [3.8, 4) is 0 Å². The van der Waals surface area contributed by atoms with E-state index in [2.05, 4.69) is 4.98 Å². The normalized spacial score (nSPS) is 55.6. The molecular weight excluding hydrogens is 174 g/mol. The number of anilines is 2. The van der Waals surface area contributed by atoms with Gasteiger partial charge >= 0.3 is 0 Å². The maximum Gasteiger partial charge on any atom is 0.123 e. The molecule has 14 heavy (non-hydrogen) atoms. The minimum atomic E-state index is -3.64. The lowest BCUT2D eigenvalue weighted by molar-refractivity contribution is 0.484. The Morgan fingerprint density at radius 1 is 1.71 bits per heavy atom. The summed E-state index contributed by atoms with van der Waals surface area (Å²) < 4.78 is 95.2. The first-order chi connectivity index (χ1) is 11.4. The lowest BCUT2D eigenvalue weighted by Gasteiger charge is -2.35. The number of hydrogen-bond acceptors (Lipinski definition) is 3. The molecule has 1 fully saturated rings. The van der Waals surface area contributed by atoms with Crippen molar-refractivity contribution >= 4 is 11.5 Å². The highest BCUT2D eigenvalue weighted by molar-refractivity contribution is 5.49. The summed E-state index contributed by atoms with van der Waals surface area (Å²) in [5, 5.41) is 0. The molecule has 3 heteroatoms. The Kier molecular flexibility index (Phi) is 0.732. The molecule has 76 valence electrons. The van der Waals surface area contributed by atoms with Crippen LogP contribution >= 0.6 is 0 Å². The van der Waals surface area contributed by atoms with Crippen LogP contribution in [0.25, 0.3) is 0 Å². The van der Waals surface area contributed by atoms with Gasteiger partial charge in [0.05, 0.1) is 13.3 Å². The fraction of sp³-hybridized carbons (Fsp3) is 0.545. The van der Waals surface area contributed by atoms with E-state index >= 15 is 0 Å². The molecule has 1 atom stereocenters. The predicted molar refractivity (Wildman–Crippen MR) is 59.3 cm³/mol. The first-order valence-electron chi connectivity index (χ1n) is 9.89. The van der Waals surface area contributed by atoms with Gasteiger partial charge in [-0.1, -0.05) is 0 Å². The van der Waals surface area contributed by atoms with Crippen molar-refractivity contribution in [1.82, 2.24) is 4.98 Å². The van der Waals surface area contributed by atoms with Crippen molar-refractivity contribution in [3.63, 3.8) is 0 Å². The second-order valence-electron chi connectivity index (χ2n) is 2.61. The zero-order valence-electron chi connectivity index (χ0n) is 19.2. The second-order valence-corrected chi connectivity index (χ2v) is 2.61. The van der Waals surface area contributed by atoms with Gasteiger partial charge in [0.15, 0.2) is 0 Å². The standard InChI is InChI=1S/C11H17N3/c1-9-4-2-3-7-14(9)10-5-6-11(12)13-8-10/h5-6,8-9H,2-4,7H2,1H3,(H2,12,13)/i1D3,2D2,3D2,4D2,7D2,9D. The molecule has 2 N–H and O–H groups in total. The lowest BCUT2D eigenvalue weighted by Crippen LogP contribution is -2.37. The second kappa shape index (κ2) is 3.86. The Balaban J connectivity index is 2.94. The van der Waals surface area contributed by atoms with Crippen LogP contribution in [0.4, 0.5) is 11.5 Å². The molecule has 1 aliphatic heterocycles. The smallest absolute Gasteiger partial charge is 0.123 e. The monoisotopic (exact) mass is 203 g/mol. The maximum atomic E-state index is 8.39. The highest BCUT2D eigenvalue weighted by atomic mass is 15.2. The maximum absolute atomic E-state index is 8.39. The van der Waals surface area contributed by atoms with Gasteiger partial charge in [-0.2, -0.15) is 0 Å². The summed E-state index contributed by atoms with van der Waals surface area (Å²) in [5.74, 6) is -0.0165. The topological polar surface area (TPSA) is 42.1 Å². The molecule has 1 saturated heterocycles. The molecule has 0 radical (unpaired) electrons. The minimum Gasteiger partial charge on any atom is -0.384 e. The molecule has 0 bridgehead atoms. The van der Waals surface area contributed by atoms with E-state index in [0.29, 0.717) is 0 Å². The molecule has 0 saturated carbocycles. The van der Waals surface area contributed by atoms with Crippen LogP contribution in [-0.2, 0) is 0 Å². The molecule has 0 aliphatic carbocycles. The number of hydrogen-bond donors (Lipinski definition) is 1. The Morgan fingerprint density at radius 2 is 2.64 bits per heavy atom. The third-order valence-electron chi connectivity index (χ3n) is 1.66. The summed E-state index contributed by atoms with van der Waals surface area (Å²) in [4.78, 5) is 3.76. The van der Waals surface area contributed by atoms with Gasteiger partial charge in [-0.15, -0.1) is 0 Å². The molecule has 1 aliphatic rings. The summed E-state index contributed by atoms with van der Waals surface area (Å²) in [6, 6.07) is -1.28. The van der Waals surface area contributed by atoms with Crippen molar-refractivity contribution < 1.29 is 16.4 Å². The molecule has 2 rings (SSSR count).